The molecule has 25 heavy (non-hydrogen) atoms. The van der Waals surface area contributed by atoms with E-state index in [0.717, 1.165) is 22.4 Å². The molecule has 0 aliphatic heterocycles. The number of nitrogens with one attached hydrogen (secondary N) is 1. The van der Waals surface area contributed by atoms with Crippen molar-refractivity contribution in [3.63, 3.8) is 0 Å². The number of fused-ring (bicyclic) bond motifs is 1. The summed E-state index contributed by atoms with van der Waals surface area (Å²) in [5.41, 5.74) is 1.50. The van der Waals surface area contributed by atoms with Gasteiger partial charge in [-0.1, -0.05) is 29.5 Å². The molecule has 0 fully saturated rings. The highest BCUT2D eigenvalue weighted by Crippen LogP contribution is 2.23. The van der Waals surface area contributed by atoms with E-state index in [2.05, 4.69) is 4.72 Å². The molecule has 6 nitrogen and oxygen atoms in total. The molecule has 1 aromatic heterocycles. The molecule has 0 bridgehead atoms. The Kier molecular flexibility index (Phi) is 4.94. The molecule has 1 heterocycles. The first-order valence-corrected chi connectivity index (χ1v) is 10.0. The van der Waals surface area contributed by atoms with Crippen LogP contribution in [0.2, 0.25) is 0 Å². The smallest absolute Gasteiger partial charge is 0.308 e. The van der Waals surface area contributed by atoms with E-state index in [4.69, 9.17) is 4.74 Å². The largest absolute Gasteiger partial charge is 0.496 e. The number of aromatic nitrogens is 1. The Balaban J connectivity index is 1.89. The van der Waals surface area contributed by atoms with Gasteiger partial charge >= 0.3 is 4.87 Å². The van der Waals surface area contributed by atoms with Gasteiger partial charge in [-0.3, -0.25) is 9.36 Å². The average Bonchev–Trinajstić information content (AvgIpc) is 2.94. The maximum atomic E-state index is 12.6. The van der Waals surface area contributed by atoms with Crippen molar-refractivity contribution < 1.29 is 13.2 Å². The molecule has 3 rings (SSSR count). The Bertz CT molecular complexity index is 1070. The molecule has 0 radical (unpaired) electrons. The van der Waals surface area contributed by atoms with Gasteiger partial charge in [-0.15, -0.1) is 0 Å². The number of aryl methyl sites for hydroxylation is 1. The highest BCUT2D eigenvalue weighted by Gasteiger charge is 2.17. The third kappa shape index (κ3) is 3.46. The Morgan fingerprint density at radius 2 is 1.96 bits per heavy atom. The van der Waals surface area contributed by atoms with E-state index in [1.165, 1.54) is 12.1 Å². The number of rotatable bonds is 6. The predicted octanol–water partition coefficient (Wildman–Crippen LogP) is 2.57. The molecule has 132 valence electrons. The minimum absolute atomic E-state index is 0.0889. The summed E-state index contributed by atoms with van der Waals surface area (Å²) in [7, 11) is -2.15. The molecule has 0 amide bonds. The lowest BCUT2D eigenvalue weighted by Crippen LogP contribution is -2.23. The van der Waals surface area contributed by atoms with Crippen molar-refractivity contribution in [1.82, 2.24) is 9.29 Å². The van der Waals surface area contributed by atoms with E-state index in [9.17, 15) is 13.2 Å². The van der Waals surface area contributed by atoms with E-state index >= 15 is 0 Å². The number of thiazole rings is 1. The molecule has 0 saturated carbocycles. The Morgan fingerprint density at radius 3 is 2.68 bits per heavy atom. The van der Waals surface area contributed by atoms with Crippen LogP contribution in [0.1, 0.15) is 12.5 Å². The molecule has 2 aromatic carbocycles. The van der Waals surface area contributed by atoms with E-state index in [1.807, 2.05) is 19.1 Å². The number of nitrogens with zero attached hydrogens (tertiary/aromatic N) is 1. The van der Waals surface area contributed by atoms with E-state index in [0.29, 0.717) is 17.0 Å². The standard InChI is InChI=1S/C17H18N2O4S2/c1-3-19-14-9-8-13(10-16(14)24-17(19)20)25(21,22)18-11-12-6-4-5-7-15(12)23-2/h4-10,18H,3,11H2,1-2H3. The van der Waals surface area contributed by atoms with Crippen LogP contribution in [-0.2, 0) is 23.1 Å². The maximum Gasteiger partial charge on any atom is 0.308 e. The second-order valence-electron chi connectivity index (χ2n) is 5.38. The van der Waals surface area contributed by atoms with Crippen LogP contribution >= 0.6 is 11.3 Å². The highest BCUT2D eigenvalue weighted by molar-refractivity contribution is 7.89. The monoisotopic (exact) mass is 378 g/mol. The zero-order valence-corrected chi connectivity index (χ0v) is 15.5. The van der Waals surface area contributed by atoms with Gasteiger partial charge in [0.2, 0.25) is 10.0 Å². The first-order chi connectivity index (χ1) is 12.0. The van der Waals surface area contributed by atoms with Gasteiger partial charge in [-0.05, 0) is 31.2 Å². The summed E-state index contributed by atoms with van der Waals surface area (Å²) < 4.78 is 35.2. The topological polar surface area (TPSA) is 77.4 Å². The molecule has 0 unspecified atom stereocenters. The minimum Gasteiger partial charge on any atom is -0.496 e. The quantitative estimate of drug-likeness (QED) is 0.715. The van der Waals surface area contributed by atoms with Crippen LogP contribution in [0.15, 0.2) is 52.2 Å². The van der Waals surface area contributed by atoms with Crippen LogP contribution in [0.5, 0.6) is 5.75 Å². The van der Waals surface area contributed by atoms with Gasteiger partial charge in [-0.25, -0.2) is 13.1 Å². The first kappa shape index (κ1) is 17.7. The Hall–Kier alpha value is -2.16. The zero-order chi connectivity index (χ0) is 18.0. The molecule has 8 heteroatoms. The number of ether oxygens (including phenoxy) is 1. The number of methoxy groups -OCH3 is 1. The van der Waals surface area contributed by atoms with Crippen molar-refractivity contribution in [2.75, 3.05) is 7.11 Å². The van der Waals surface area contributed by atoms with Crippen molar-refractivity contribution in [2.24, 2.45) is 0 Å². The van der Waals surface area contributed by atoms with Gasteiger partial charge in [0.05, 0.1) is 22.2 Å². The van der Waals surface area contributed by atoms with Gasteiger partial charge in [0.1, 0.15) is 5.75 Å². The van der Waals surface area contributed by atoms with Crippen molar-refractivity contribution in [3.05, 3.63) is 57.7 Å². The summed E-state index contributed by atoms with van der Waals surface area (Å²) in [6.07, 6.45) is 0. The van der Waals surface area contributed by atoms with Gasteiger partial charge in [0.25, 0.3) is 0 Å². The number of sulfonamides is 1. The third-order valence-electron chi connectivity index (χ3n) is 3.91. The summed E-state index contributed by atoms with van der Waals surface area (Å²) in [5, 5.41) is 0. The summed E-state index contributed by atoms with van der Waals surface area (Å²) >= 11 is 1.05. The predicted molar refractivity (Wildman–Crippen MR) is 98.8 cm³/mol. The normalized spacial score (nSPS) is 11.8. The van der Waals surface area contributed by atoms with Crippen LogP contribution in [0.3, 0.4) is 0 Å². The van der Waals surface area contributed by atoms with Crippen molar-refractivity contribution in [3.8, 4) is 5.75 Å². The lowest BCUT2D eigenvalue weighted by molar-refractivity contribution is 0.409. The Morgan fingerprint density at radius 1 is 1.20 bits per heavy atom. The maximum absolute atomic E-state index is 12.6. The van der Waals surface area contributed by atoms with Crippen molar-refractivity contribution >= 4 is 31.6 Å². The molecular formula is C17H18N2O4S2. The molecule has 0 atom stereocenters. The van der Waals surface area contributed by atoms with Crippen LogP contribution in [0.25, 0.3) is 10.2 Å². The van der Waals surface area contributed by atoms with Crippen molar-refractivity contribution in [1.29, 1.82) is 0 Å². The average molecular weight is 378 g/mol. The van der Waals surface area contributed by atoms with Gasteiger partial charge in [-0.2, -0.15) is 0 Å². The fourth-order valence-electron chi connectivity index (χ4n) is 2.62. The highest BCUT2D eigenvalue weighted by atomic mass is 32.2. The lowest BCUT2D eigenvalue weighted by Gasteiger charge is -2.10. The number of hydrogen-bond acceptors (Lipinski definition) is 5. The van der Waals surface area contributed by atoms with Crippen LogP contribution in [-0.4, -0.2) is 20.1 Å². The van der Waals surface area contributed by atoms with E-state index in [1.54, 1.807) is 29.9 Å². The molecule has 1 N–H and O–H groups in total. The summed E-state index contributed by atoms with van der Waals surface area (Å²) in [6, 6.07) is 12.0. The molecular weight excluding hydrogens is 360 g/mol. The van der Waals surface area contributed by atoms with Gasteiger partial charge < -0.3 is 4.74 Å². The number of hydrogen-bond donors (Lipinski definition) is 1. The zero-order valence-electron chi connectivity index (χ0n) is 13.9. The first-order valence-electron chi connectivity index (χ1n) is 7.71. The lowest BCUT2D eigenvalue weighted by atomic mass is 10.2. The third-order valence-corrected chi connectivity index (χ3v) is 6.25. The fourth-order valence-corrected chi connectivity index (χ4v) is 4.72. The fraction of sp³-hybridized carbons (Fsp3) is 0.235. The number of para-hydroxylation sites is 1. The summed E-state index contributed by atoms with van der Waals surface area (Å²) in [4.78, 5) is 12.0. The SMILES string of the molecule is CCn1c(=O)sc2cc(S(=O)(=O)NCc3ccccc3OC)ccc21. The molecule has 3 aromatic rings. The molecule has 0 aliphatic carbocycles. The van der Waals surface area contributed by atoms with E-state index in [-0.39, 0.29) is 16.3 Å². The van der Waals surface area contributed by atoms with Gasteiger partial charge in [0.15, 0.2) is 0 Å². The van der Waals surface area contributed by atoms with Gasteiger partial charge in [0, 0.05) is 18.7 Å². The summed E-state index contributed by atoms with van der Waals surface area (Å²) in [6.45, 7) is 2.56. The van der Waals surface area contributed by atoms with Crippen LogP contribution in [0, 0.1) is 0 Å². The summed E-state index contributed by atoms with van der Waals surface area (Å²) in [5.74, 6) is 0.624. The van der Waals surface area contributed by atoms with E-state index < -0.39 is 10.0 Å². The molecule has 0 saturated heterocycles. The minimum atomic E-state index is -3.70. The number of benzene rings is 2. The Labute approximate surface area is 149 Å². The van der Waals surface area contributed by atoms with Crippen molar-refractivity contribution in [2.45, 2.75) is 24.9 Å². The molecule has 0 spiro atoms. The van der Waals surface area contributed by atoms with Crippen LogP contribution < -0.4 is 14.3 Å². The molecule has 0 aliphatic rings. The second kappa shape index (κ2) is 6.99. The second-order valence-corrected chi connectivity index (χ2v) is 8.14. The van der Waals surface area contributed by atoms with Crippen LogP contribution in [0.4, 0.5) is 0 Å².